The van der Waals surface area contributed by atoms with Gasteiger partial charge in [0, 0.05) is 18.3 Å². The van der Waals surface area contributed by atoms with Gasteiger partial charge in [-0.2, -0.15) is 0 Å². The van der Waals surface area contributed by atoms with E-state index in [1.807, 2.05) is 0 Å². The Labute approximate surface area is 98.2 Å². The predicted octanol–water partition coefficient (Wildman–Crippen LogP) is 3.15. The summed E-state index contributed by atoms with van der Waals surface area (Å²) in [6, 6.07) is 0. The number of alkyl halides is 1. The van der Waals surface area contributed by atoms with Gasteiger partial charge in [-0.25, -0.2) is 9.18 Å². The number of halogens is 2. The number of hydrogen-bond donors (Lipinski definition) is 1. The first-order chi connectivity index (χ1) is 6.85. The number of amides is 1. The normalized spacial score (nSPS) is 12.5. The minimum absolute atomic E-state index is 0.147. The van der Waals surface area contributed by atoms with E-state index in [0.717, 1.165) is 0 Å². The maximum absolute atomic E-state index is 12.8. The number of hydrogen-bond acceptors (Lipinski definition) is 2. The standard InChI is InChI=1S/C10H17BrFNO2/c1-10(2,3)15-9(14)13-7-5-8(12)4-6-11/h5H,4,6-7H2,1-3H3,(H,13,14)/b8-5+. The summed E-state index contributed by atoms with van der Waals surface area (Å²) in [6.45, 7) is 5.46. The molecule has 0 unspecified atom stereocenters. The van der Waals surface area contributed by atoms with Crippen molar-refractivity contribution in [3.05, 3.63) is 11.9 Å². The van der Waals surface area contributed by atoms with Crippen LogP contribution in [0.1, 0.15) is 27.2 Å². The third-order valence-electron chi connectivity index (χ3n) is 1.30. The molecule has 0 rings (SSSR count). The number of carbonyl (C=O) groups excluding carboxylic acids is 1. The summed E-state index contributed by atoms with van der Waals surface area (Å²) in [5, 5.41) is 3.01. The van der Waals surface area contributed by atoms with Crippen LogP contribution in [-0.4, -0.2) is 23.6 Å². The molecule has 0 aliphatic carbocycles. The van der Waals surface area contributed by atoms with Crippen LogP contribution in [-0.2, 0) is 4.74 Å². The second-order valence-electron chi connectivity index (χ2n) is 3.97. The van der Waals surface area contributed by atoms with E-state index in [-0.39, 0.29) is 12.4 Å². The van der Waals surface area contributed by atoms with Crippen LogP contribution in [0.25, 0.3) is 0 Å². The van der Waals surface area contributed by atoms with Crippen molar-refractivity contribution in [3.8, 4) is 0 Å². The maximum Gasteiger partial charge on any atom is 0.407 e. The highest BCUT2D eigenvalue weighted by atomic mass is 79.9. The average Bonchev–Trinajstić information content (AvgIpc) is 2.00. The van der Waals surface area contributed by atoms with E-state index in [1.165, 1.54) is 6.08 Å². The van der Waals surface area contributed by atoms with Crippen molar-refractivity contribution < 1.29 is 13.9 Å². The topological polar surface area (TPSA) is 38.3 Å². The van der Waals surface area contributed by atoms with Gasteiger partial charge in [-0.15, -0.1) is 0 Å². The average molecular weight is 282 g/mol. The summed E-state index contributed by atoms with van der Waals surface area (Å²) in [5.74, 6) is -0.247. The maximum atomic E-state index is 12.8. The Kier molecular flexibility index (Phi) is 6.56. The smallest absolute Gasteiger partial charge is 0.407 e. The molecule has 5 heteroatoms. The molecule has 0 spiro atoms. The molecule has 0 aliphatic rings. The highest BCUT2D eigenvalue weighted by Gasteiger charge is 2.15. The molecule has 88 valence electrons. The fourth-order valence-electron chi connectivity index (χ4n) is 0.752. The van der Waals surface area contributed by atoms with E-state index in [2.05, 4.69) is 21.2 Å². The van der Waals surface area contributed by atoms with Crippen molar-refractivity contribution in [2.45, 2.75) is 32.8 Å². The number of ether oxygens (including phenoxy) is 1. The van der Waals surface area contributed by atoms with Crippen LogP contribution < -0.4 is 5.32 Å². The third-order valence-corrected chi connectivity index (χ3v) is 1.70. The second-order valence-corrected chi connectivity index (χ2v) is 4.77. The highest BCUT2D eigenvalue weighted by Crippen LogP contribution is 2.07. The molecule has 0 aromatic carbocycles. The Morgan fingerprint density at radius 2 is 2.13 bits per heavy atom. The zero-order chi connectivity index (χ0) is 11.9. The molecule has 3 nitrogen and oxygen atoms in total. The van der Waals surface area contributed by atoms with E-state index >= 15 is 0 Å². The van der Waals surface area contributed by atoms with Gasteiger partial charge in [0.15, 0.2) is 0 Å². The molecule has 0 atom stereocenters. The van der Waals surface area contributed by atoms with Crippen LogP contribution in [0, 0.1) is 0 Å². The van der Waals surface area contributed by atoms with Crippen molar-refractivity contribution in [3.63, 3.8) is 0 Å². The van der Waals surface area contributed by atoms with Crippen molar-refractivity contribution in [2.75, 3.05) is 11.9 Å². The lowest BCUT2D eigenvalue weighted by Gasteiger charge is -2.19. The van der Waals surface area contributed by atoms with E-state index < -0.39 is 11.7 Å². The van der Waals surface area contributed by atoms with Crippen LogP contribution >= 0.6 is 15.9 Å². The molecule has 0 fully saturated rings. The van der Waals surface area contributed by atoms with Gasteiger partial charge in [0.05, 0.1) is 5.83 Å². The predicted molar refractivity (Wildman–Crippen MR) is 61.8 cm³/mol. The zero-order valence-electron chi connectivity index (χ0n) is 9.27. The van der Waals surface area contributed by atoms with Gasteiger partial charge < -0.3 is 10.1 Å². The first-order valence-electron chi connectivity index (χ1n) is 4.72. The minimum atomic E-state index is -0.537. The van der Waals surface area contributed by atoms with Crippen LogP contribution in [0.4, 0.5) is 9.18 Å². The minimum Gasteiger partial charge on any atom is -0.444 e. The zero-order valence-corrected chi connectivity index (χ0v) is 10.9. The first-order valence-corrected chi connectivity index (χ1v) is 5.84. The van der Waals surface area contributed by atoms with Crippen LogP contribution in [0.2, 0.25) is 0 Å². The molecule has 0 aromatic rings. The van der Waals surface area contributed by atoms with Gasteiger partial charge >= 0.3 is 6.09 Å². The lowest BCUT2D eigenvalue weighted by molar-refractivity contribution is 0.0534. The Hall–Kier alpha value is -0.580. The summed E-state index contributed by atoms with van der Waals surface area (Å²) in [5.41, 5.74) is -0.526. The largest absolute Gasteiger partial charge is 0.444 e. The van der Waals surface area contributed by atoms with E-state index in [1.54, 1.807) is 20.8 Å². The van der Waals surface area contributed by atoms with Crippen molar-refractivity contribution in [1.29, 1.82) is 0 Å². The van der Waals surface area contributed by atoms with Gasteiger partial charge in [-0.05, 0) is 26.8 Å². The molecular formula is C10H17BrFNO2. The molecule has 1 amide bonds. The fourth-order valence-corrected chi connectivity index (χ4v) is 1.13. The number of allylic oxidation sites excluding steroid dienone is 1. The number of rotatable bonds is 4. The molecule has 0 heterocycles. The lowest BCUT2D eigenvalue weighted by atomic mass is 10.2. The monoisotopic (exact) mass is 281 g/mol. The quantitative estimate of drug-likeness (QED) is 0.804. The van der Waals surface area contributed by atoms with E-state index in [0.29, 0.717) is 11.8 Å². The molecule has 0 aliphatic heterocycles. The molecule has 0 saturated carbocycles. The summed E-state index contributed by atoms with van der Waals surface area (Å²) in [6.07, 6.45) is 1.12. The molecule has 0 saturated heterocycles. The van der Waals surface area contributed by atoms with Crippen molar-refractivity contribution in [2.24, 2.45) is 0 Å². The van der Waals surface area contributed by atoms with Crippen LogP contribution in [0.3, 0.4) is 0 Å². The Morgan fingerprint density at radius 1 is 1.53 bits per heavy atom. The molecule has 15 heavy (non-hydrogen) atoms. The van der Waals surface area contributed by atoms with Crippen molar-refractivity contribution in [1.82, 2.24) is 5.32 Å². The van der Waals surface area contributed by atoms with E-state index in [4.69, 9.17) is 4.74 Å². The first kappa shape index (κ1) is 14.4. The summed E-state index contributed by atoms with van der Waals surface area (Å²) in [7, 11) is 0. The van der Waals surface area contributed by atoms with Gasteiger partial charge in [-0.3, -0.25) is 0 Å². The summed E-state index contributed by atoms with van der Waals surface area (Å²) < 4.78 is 17.8. The van der Waals surface area contributed by atoms with Crippen molar-refractivity contribution >= 4 is 22.0 Å². The molecule has 0 aromatic heterocycles. The number of nitrogens with one attached hydrogen (secondary N) is 1. The van der Waals surface area contributed by atoms with Gasteiger partial charge in [0.1, 0.15) is 5.60 Å². The van der Waals surface area contributed by atoms with Gasteiger partial charge in [-0.1, -0.05) is 15.9 Å². The van der Waals surface area contributed by atoms with Crippen LogP contribution in [0.5, 0.6) is 0 Å². The fraction of sp³-hybridized carbons (Fsp3) is 0.700. The molecule has 0 bridgehead atoms. The highest BCUT2D eigenvalue weighted by molar-refractivity contribution is 9.09. The van der Waals surface area contributed by atoms with E-state index in [9.17, 15) is 9.18 Å². The van der Waals surface area contributed by atoms with Gasteiger partial charge in [0.2, 0.25) is 0 Å². The third kappa shape index (κ3) is 9.72. The second kappa shape index (κ2) is 6.82. The molecule has 1 N–H and O–H groups in total. The number of carbonyl (C=O) groups is 1. The molecule has 0 radical (unpaired) electrons. The molecular weight excluding hydrogens is 265 g/mol. The number of alkyl carbamates (subject to hydrolysis) is 1. The summed E-state index contributed by atoms with van der Waals surface area (Å²) >= 11 is 3.12. The Morgan fingerprint density at radius 3 is 2.60 bits per heavy atom. The Balaban J connectivity index is 3.77. The summed E-state index contributed by atoms with van der Waals surface area (Å²) in [4.78, 5) is 11.1. The lowest BCUT2D eigenvalue weighted by Crippen LogP contribution is -2.32. The SMILES string of the molecule is CC(C)(C)OC(=O)NC/C=C(/F)CCBr. The Bertz CT molecular complexity index is 236. The van der Waals surface area contributed by atoms with Crippen LogP contribution in [0.15, 0.2) is 11.9 Å². The van der Waals surface area contributed by atoms with Gasteiger partial charge in [0.25, 0.3) is 0 Å².